The van der Waals surface area contributed by atoms with Gasteiger partial charge in [0.05, 0.1) is 10.6 Å². The summed E-state index contributed by atoms with van der Waals surface area (Å²) < 4.78 is 0.933. The van der Waals surface area contributed by atoms with E-state index >= 15 is 0 Å². The normalized spacial score (nSPS) is 10.2. The van der Waals surface area contributed by atoms with E-state index in [2.05, 4.69) is 26.7 Å². The molecule has 0 spiro atoms. The van der Waals surface area contributed by atoms with Crippen molar-refractivity contribution in [3.63, 3.8) is 0 Å². The molecule has 0 saturated carbocycles. The number of rotatable bonds is 4. The number of nitrogen functional groups attached to an aromatic ring is 1. The molecule has 4 N–H and O–H groups in total. The molecule has 0 aliphatic carbocycles. The van der Waals surface area contributed by atoms with Crippen molar-refractivity contribution in [1.82, 2.24) is 0 Å². The van der Waals surface area contributed by atoms with Crippen molar-refractivity contribution in [2.75, 3.05) is 10.7 Å². The number of hydrogen-bond donors (Lipinski definition) is 3. The van der Waals surface area contributed by atoms with Crippen molar-refractivity contribution in [2.45, 2.75) is 6.92 Å². The van der Waals surface area contributed by atoms with Crippen molar-refractivity contribution in [2.24, 2.45) is 5.84 Å². The maximum Gasteiger partial charge on any atom is 0.273 e. The highest BCUT2D eigenvalue weighted by molar-refractivity contribution is 9.10. The minimum atomic E-state index is -0.460. The zero-order chi connectivity index (χ0) is 14.7. The molecule has 0 fully saturated rings. The predicted molar refractivity (Wildman–Crippen MR) is 83.1 cm³/mol. The quantitative estimate of drug-likeness (QED) is 0.449. The standard InChI is InChI=1S/C13H13BrN4O2/c1-8-2-9(14)4-10(3-8)16-11-5-12(17-15)7-13(6-11)18(19)20/h2-7,16-17H,15H2,1H3. The summed E-state index contributed by atoms with van der Waals surface area (Å²) in [6.07, 6.45) is 0. The summed E-state index contributed by atoms with van der Waals surface area (Å²) in [6.45, 7) is 1.97. The van der Waals surface area contributed by atoms with Crippen molar-refractivity contribution in [3.05, 3.63) is 56.5 Å². The Labute approximate surface area is 124 Å². The van der Waals surface area contributed by atoms with Gasteiger partial charge in [0.15, 0.2) is 0 Å². The van der Waals surface area contributed by atoms with Gasteiger partial charge in [-0.25, -0.2) is 0 Å². The number of halogens is 1. The molecule has 0 aromatic heterocycles. The van der Waals surface area contributed by atoms with Gasteiger partial charge in [-0.05, 0) is 36.8 Å². The summed E-state index contributed by atoms with van der Waals surface area (Å²) in [5.74, 6) is 5.32. The fraction of sp³-hybridized carbons (Fsp3) is 0.0769. The number of nitrogens with one attached hydrogen (secondary N) is 2. The third-order valence-electron chi connectivity index (χ3n) is 2.63. The molecule has 104 valence electrons. The highest BCUT2D eigenvalue weighted by Crippen LogP contribution is 2.28. The van der Waals surface area contributed by atoms with Crippen LogP contribution in [0.2, 0.25) is 0 Å². The molecule has 20 heavy (non-hydrogen) atoms. The molecular weight excluding hydrogens is 324 g/mol. The third kappa shape index (κ3) is 3.46. The lowest BCUT2D eigenvalue weighted by molar-refractivity contribution is -0.384. The molecule has 0 saturated heterocycles. The average Bonchev–Trinajstić information content (AvgIpc) is 2.36. The second kappa shape index (κ2) is 5.89. The van der Waals surface area contributed by atoms with Crippen molar-refractivity contribution in [3.8, 4) is 0 Å². The van der Waals surface area contributed by atoms with E-state index in [9.17, 15) is 10.1 Å². The van der Waals surface area contributed by atoms with Crippen molar-refractivity contribution < 1.29 is 4.92 Å². The van der Waals surface area contributed by atoms with Gasteiger partial charge in [0.2, 0.25) is 0 Å². The van der Waals surface area contributed by atoms with Gasteiger partial charge in [0.1, 0.15) is 0 Å². The first-order chi connectivity index (χ1) is 9.47. The first-order valence-corrected chi connectivity index (χ1v) is 6.57. The highest BCUT2D eigenvalue weighted by Gasteiger charge is 2.09. The van der Waals surface area contributed by atoms with Crippen LogP contribution >= 0.6 is 15.9 Å². The van der Waals surface area contributed by atoms with Crippen LogP contribution in [0.3, 0.4) is 0 Å². The van der Waals surface area contributed by atoms with E-state index in [-0.39, 0.29) is 5.69 Å². The Balaban J connectivity index is 2.37. The molecule has 0 amide bonds. The van der Waals surface area contributed by atoms with Crippen LogP contribution in [0, 0.1) is 17.0 Å². The van der Waals surface area contributed by atoms with E-state index in [1.165, 1.54) is 12.1 Å². The Morgan fingerprint density at radius 3 is 2.35 bits per heavy atom. The monoisotopic (exact) mass is 336 g/mol. The van der Waals surface area contributed by atoms with E-state index in [0.29, 0.717) is 11.4 Å². The maximum atomic E-state index is 10.9. The second-order valence-corrected chi connectivity index (χ2v) is 5.23. The Bertz CT molecular complexity index is 641. The van der Waals surface area contributed by atoms with Crippen LogP contribution in [0.25, 0.3) is 0 Å². The second-order valence-electron chi connectivity index (χ2n) is 4.31. The van der Waals surface area contributed by atoms with Crippen LogP contribution in [-0.4, -0.2) is 4.92 Å². The van der Waals surface area contributed by atoms with Crippen LogP contribution in [0.5, 0.6) is 0 Å². The summed E-state index contributed by atoms with van der Waals surface area (Å²) in [7, 11) is 0. The third-order valence-corrected chi connectivity index (χ3v) is 3.08. The zero-order valence-electron chi connectivity index (χ0n) is 10.7. The van der Waals surface area contributed by atoms with Gasteiger partial charge >= 0.3 is 0 Å². The van der Waals surface area contributed by atoms with Crippen molar-refractivity contribution in [1.29, 1.82) is 0 Å². The first-order valence-electron chi connectivity index (χ1n) is 5.78. The van der Waals surface area contributed by atoms with Gasteiger partial charge in [0.25, 0.3) is 5.69 Å². The lowest BCUT2D eigenvalue weighted by Gasteiger charge is -2.10. The van der Waals surface area contributed by atoms with Crippen molar-refractivity contribution >= 4 is 38.7 Å². The summed E-state index contributed by atoms with van der Waals surface area (Å²) in [5.41, 5.74) is 5.35. The topological polar surface area (TPSA) is 93.2 Å². The Hall–Kier alpha value is -2.12. The molecule has 0 atom stereocenters. The SMILES string of the molecule is Cc1cc(Br)cc(Nc2cc(NN)cc([N+](=O)[O-])c2)c1. The van der Waals surface area contributed by atoms with Gasteiger partial charge in [-0.3, -0.25) is 16.0 Å². The molecule has 6 nitrogen and oxygen atoms in total. The number of nitrogens with zero attached hydrogens (tertiary/aromatic N) is 1. The number of hydrazine groups is 1. The molecule has 0 heterocycles. The van der Waals surface area contributed by atoms with Gasteiger partial charge in [-0.15, -0.1) is 0 Å². The molecule has 0 aliphatic rings. The van der Waals surface area contributed by atoms with E-state index < -0.39 is 4.92 Å². The molecule has 0 radical (unpaired) electrons. The van der Waals surface area contributed by atoms with E-state index in [4.69, 9.17) is 5.84 Å². The summed E-state index contributed by atoms with van der Waals surface area (Å²) in [5, 5.41) is 14.0. The van der Waals surface area contributed by atoms with Crippen LogP contribution in [-0.2, 0) is 0 Å². The fourth-order valence-corrected chi connectivity index (χ4v) is 2.45. The minimum Gasteiger partial charge on any atom is -0.355 e. The fourth-order valence-electron chi connectivity index (χ4n) is 1.85. The largest absolute Gasteiger partial charge is 0.355 e. The molecule has 2 aromatic rings. The Kier molecular flexibility index (Phi) is 4.21. The average molecular weight is 337 g/mol. The molecule has 0 aliphatic heterocycles. The van der Waals surface area contributed by atoms with Gasteiger partial charge in [-0.1, -0.05) is 15.9 Å². The van der Waals surface area contributed by atoms with Gasteiger partial charge in [0, 0.05) is 28.0 Å². The van der Waals surface area contributed by atoms with E-state index in [1.54, 1.807) is 6.07 Å². The number of hydrogen-bond acceptors (Lipinski definition) is 5. The summed E-state index contributed by atoms with van der Waals surface area (Å²) >= 11 is 3.41. The van der Waals surface area contributed by atoms with E-state index in [1.807, 2.05) is 25.1 Å². The minimum absolute atomic E-state index is 0.0327. The molecule has 2 aromatic carbocycles. The molecule has 7 heteroatoms. The molecule has 0 bridgehead atoms. The number of nitro benzene ring substituents is 1. The smallest absolute Gasteiger partial charge is 0.273 e. The van der Waals surface area contributed by atoms with Gasteiger partial charge in [-0.2, -0.15) is 0 Å². The highest BCUT2D eigenvalue weighted by atomic mass is 79.9. The summed E-state index contributed by atoms with van der Waals surface area (Å²) in [6, 6.07) is 10.3. The zero-order valence-corrected chi connectivity index (χ0v) is 12.3. The number of nitrogens with two attached hydrogens (primary N) is 1. The number of benzene rings is 2. The van der Waals surface area contributed by atoms with Crippen LogP contribution in [0.4, 0.5) is 22.7 Å². The molecule has 0 unspecified atom stereocenters. The number of aryl methyl sites for hydroxylation is 1. The van der Waals surface area contributed by atoms with Crippen LogP contribution in [0.1, 0.15) is 5.56 Å². The number of nitro groups is 1. The first kappa shape index (κ1) is 14.3. The number of non-ortho nitro benzene ring substituents is 1. The van der Waals surface area contributed by atoms with Gasteiger partial charge < -0.3 is 10.7 Å². The molecule has 2 rings (SSSR count). The van der Waals surface area contributed by atoms with Crippen LogP contribution in [0.15, 0.2) is 40.9 Å². The van der Waals surface area contributed by atoms with E-state index in [0.717, 1.165) is 15.7 Å². The lowest BCUT2D eigenvalue weighted by Crippen LogP contribution is -2.07. The summed E-state index contributed by atoms with van der Waals surface area (Å²) in [4.78, 5) is 10.4. The Morgan fingerprint density at radius 2 is 1.75 bits per heavy atom. The van der Waals surface area contributed by atoms with Crippen LogP contribution < -0.4 is 16.6 Å². The maximum absolute atomic E-state index is 10.9. The predicted octanol–water partition coefficient (Wildman–Crippen LogP) is 3.69. The number of anilines is 3. The lowest BCUT2D eigenvalue weighted by atomic mass is 10.2. The Morgan fingerprint density at radius 1 is 1.10 bits per heavy atom. The molecular formula is C13H13BrN4O2.